The Balaban J connectivity index is 1.94. The van der Waals surface area contributed by atoms with Gasteiger partial charge in [0.15, 0.2) is 12.3 Å². The highest BCUT2D eigenvalue weighted by molar-refractivity contribution is 5.72. The smallest absolute Gasteiger partial charge is 0.221 e. The zero-order chi connectivity index (χ0) is 24.2. The second kappa shape index (κ2) is 19.1. The maximum absolute atomic E-state index is 11.5. The summed E-state index contributed by atoms with van der Waals surface area (Å²) in [6.45, 7) is 10.7. The van der Waals surface area contributed by atoms with Crippen LogP contribution in [0.1, 0.15) is 136 Å². The normalized spacial score (nSPS) is 20.5. The summed E-state index contributed by atoms with van der Waals surface area (Å²) in [5.41, 5.74) is 0. The van der Waals surface area contributed by atoms with Crippen molar-refractivity contribution in [3.05, 3.63) is 25.1 Å². The van der Waals surface area contributed by atoms with Crippen LogP contribution in [0.5, 0.6) is 0 Å². The summed E-state index contributed by atoms with van der Waals surface area (Å²) in [6, 6.07) is 0. The van der Waals surface area contributed by atoms with Crippen LogP contribution in [0, 0.1) is 0 Å². The van der Waals surface area contributed by atoms with Gasteiger partial charge >= 0.3 is 0 Å². The quantitative estimate of drug-likeness (QED) is 0.0974. The van der Waals surface area contributed by atoms with Gasteiger partial charge in [-0.2, -0.15) is 0 Å². The predicted octanol–water partition coefficient (Wildman–Crippen LogP) is 7.91. The van der Waals surface area contributed by atoms with Gasteiger partial charge in [-0.05, 0) is 26.2 Å². The molecule has 1 rings (SSSR count). The Kier molecular flexibility index (Phi) is 17.2. The van der Waals surface area contributed by atoms with Crippen LogP contribution in [-0.4, -0.2) is 29.3 Å². The van der Waals surface area contributed by atoms with Crippen molar-refractivity contribution in [1.82, 2.24) is 10.6 Å². The summed E-state index contributed by atoms with van der Waals surface area (Å²) in [5, 5.41) is 6.65. The zero-order valence-corrected chi connectivity index (χ0v) is 22.4. The van der Waals surface area contributed by atoms with E-state index in [-0.39, 0.29) is 12.1 Å². The predicted molar refractivity (Wildman–Crippen MR) is 143 cm³/mol. The molecule has 4 nitrogen and oxygen atoms in total. The molecule has 0 aliphatic carbocycles. The number of amides is 1. The number of hydrogen-bond acceptors (Lipinski definition) is 2. The molecule has 1 heterocycles. The Morgan fingerprint density at radius 3 is 1.79 bits per heavy atom. The van der Waals surface area contributed by atoms with E-state index in [0.29, 0.717) is 6.17 Å². The first-order valence-corrected chi connectivity index (χ1v) is 14.3. The van der Waals surface area contributed by atoms with Gasteiger partial charge in [-0.25, -0.2) is 0 Å². The van der Waals surface area contributed by atoms with E-state index < -0.39 is 0 Å². The van der Waals surface area contributed by atoms with Crippen molar-refractivity contribution in [2.75, 3.05) is 6.54 Å². The number of carbonyl (C=O) groups excluding carboxylic acids is 1. The molecule has 33 heavy (non-hydrogen) atoms. The van der Waals surface area contributed by atoms with Gasteiger partial charge in [0.05, 0.1) is 12.7 Å². The third kappa shape index (κ3) is 12.7. The molecule has 3 unspecified atom stereocenters. The number of hydrogen-bond donors (Lipinski definition) is 2. The van der Waals surface area contributed by atoms with Gasteiger partial charge in [0, 0.05) is 20.3 Å². The van der Waals surface area contributed by atoms with E-state index in [4.69, 9.17) is 0 Å². The lowest BCUT2D eigenvalue weighted by Gasteiger charge is -2.41. The molecular formula is C29H56N3O+. The highest BCUT2D eigenvalue weighted by Gasteiger charge is 2.41. The van der Waals surface area contributed by atoms with Gasteiger partial charge in [0.2, 0.25) is 5.91 Å². The lowest BCUT2D eigenvalue weighted by atomic mass is 10.0. The minimum atomic E-state index is 0.0537. The highest BCUT2D eigenvalue weighted by Crippen LogP contribution is 2.26. The summed E-state index contributed by atoms with van der Waals surface area (Å²) in [5.74, 6) is 0.0537. The highest BCUT2D eigenvalue weighted by atomic mass is 16.1. The van der Waals surface area contributed by atoms with Crippen molar-refractivity contribution in [2.24, 2.45) is 0 Å². The number of nitrogens with one attached hydrogen (secondary N) is 2. The number of carbonyl (C=O) groups is 1. The van der Waals surface area contributed by atoms with Crippen LogP contribution in [0.2, 0.25) is 0 Å². The second-order valence-corrected chi connectivity index (χ2v) is 10.2. The largest absolute Gasteiger partial charge is 0.338 e. The molecule has 4 heteroatoms. The molecule has 1 aliphatic rings. The van der Waals surface area contributed by atoms with Gasteiger partial charge in [0.25, 0.3) is 0 Å². The topological polar surface area (TPSA) is 41.1 Å². The number of allylic oxidation sites excluding steroid dienone is 1. The van der Waals surface area contributed by atoms with Crippen LogP contribution in [-0.2, 0) is 4.79 Å². The van der Waals surface area contributed by atoms with Crippen LogP contribution in [0.25, 0.3) is 0 Å². The Hall–Kier alpha value is -1.29. The fraction of sp³-hybridized carbons (Fsp3) is 0.828. The lowest BCUT2D eigenvalue weighted by Crippen LogP contribution is -2.62. The van der Waals surface area contributed by atoms with E-state index in [0.717, 1.165) is 11.0 Å². The molecule has 0 radical (unpaired) electrons. The average molecular weight is 463 g/mol. The van der Waals surface area contributed by atoms with E-state index in [1.54, 1.807) is 6.92 Å². The molecule has 2 N–H and O–H groups in total. The fourth-order valence-corrected chi connectivity index (χ4v) is 5.37. The van der Waals surface area contributed by atoms with Crippen LogP contribution in [0.15, 0.2) is 25.1 Å². The maximum Gasteiger partial charge on any atom is 0.221 e. The molecule has 0 spiro atoms. The first-order valence-electron chi connectivity index (χ1n) is 14.3. The summed E-state index contributed by atoms with van der Waals surface area (Å²) in [4.78, 5) is 11.5. The van der Waals surface area contributed by atoms with E-state index in [9.17, 15) is 4.79 Å². The van der Waals surface area contributed by atoms with Crippen LogP contribution < -0.4 is 10.6 Å². The van der Waals surface area contributed by atoms with Crippen LogP contribution in [0.3, 0.4) is 0 Å². The van der Waals surface area contributed by atoms with Gasteiger partial charge in [-0.3, -0.25) is 9.28 Å². The Morgan fingerprint density at radius 2 is 1.36 bits per heavy atom. The van der Waals surface area contributed by atoms with Crippen molar-refractivity contribution in [2.45, 2.75) is 149 Å². The van der Waals surface area contributed by atoms with Gasteiger partial charge in [0.1, 0.15) is 6.20 Å². The molecule has 0 saturated heterocycles. The molecular weight excluding hydrogens is 406 g/mol. The third-order valence-corrected chi connectivity index (χ3v) is 7.54. The van der Waals surface area contributed by atoms with Gasteiger partial charge < -0.3 is 10.6 Å². The Morgan fingerprint density at radius 1 is 0.909 bits per heavy atom. The number of rotatable bonds is 22. The SMILES string of the molecule is C=CCCCCCCCCCCCCCCCCCCC1NC=C[N+]1(CC)C(C)NC(C)=O. The van der Waals surface area contributed by atoms with E-state index in [1.807, 2.05) is 6.08 Å². The summed E-state index contributed by atoms with van der Waals surface area (Å²) >= 11 is 0. The van der Waals surface area contributed by atoms with E-state index in [1.165, 1.54) is 116 Å². The van der Waals surface area contributed by atoms with Crippen LogP contribution in [0.4, 0.5) is 0 Å². The minimum Gasteiger partial charge on any atom is -0.338 e. The molecule has 0 aromatic rings. The van der Waals surface area contributed by atoms with Crippen molar-refractivity contribution >= 4 is 5.91 Å². The molecule has 1 aliphatic heterocycles. The molecule has 0 saturated carbocycles. The summed E-state index contributed by atoms with van der Waals surface area (Å²) in [7, 11) is 0. The second-order valence-electron chi connectivity index (χ2n) is 10.2. The first-order chi connectivity index (χ1) is 16.1. The van der Waals surface area contributed by atoms with Crippen molar-refractivity contribution < 1.29 is 9.28 Å². The average Bonchev–Trinajstić information content (AvgIpc) is 3.22. The van der Waals surface area contributed by atoms with Crippen LogP contribution >= 0.6 is 0 Å². The minimum absolute atomic E-state index is 0.0537. The monoisotopic (exact) mass is 462 g/mol. The number of unbranched alkanes of at least 4 members (excludes halogenated alkanes) is 16. The third-order valence-electron chi connectivity index (χ3n) is 7.54. The van der Waals surface area contributed by atoms with Gasteiger partial charge in [-0.15, -0.1) is 6.58 Å². The molecule has 0 fully saturated rings. The fourth-order valence-electron chi connectivity index (χ4n) is 5.37. The molecule has 192 valence electrons. The maximum atomic E-state index is 11.5. The number of nitrogens with zero attached hydrogens (tertiary/aromatic N) is 1. The van der Waals surface area contributed by atoms with Crippen molar-refractivity contribution in [3.63, 3.8) is 0 Å². The van der Waals surface area contributed by atoms with Crippen molar-refractivity contribution in [3.8, 4) is 0 Å². The standard InChI is InChI=1S/C29H55N3O/c1-5-7-8-9-10-11-12-13-14-15-16-17-18-19-20-21-22-23-24-29-30-25-26-32(29,6-2)27(3)31-28(4)33/h5,25-27,29-30H,1,6-24H2,2-4H3/p+1. The Bertz CT molecular complexity index is 533. The number of quaternary nitrogens is 1. The Labute approximate surface area is 206 Å². The summed E-state index contributed by atoms with van der Waals surface area (Å²) in [6.07, 6.45) is 31.5. The summed E-state index contributed by atoms with van der Waals surface area (Å²) < 4.78 is 0.815. The zero-order valence-electron chi connectivity index (χ0n) is 22.4. The molecule has 0 bridgehead atoms. The van der Waals surface area contributed by atoms with Gasteiger partial charge in [-0.1, -0.05) is 96.0 Å². The molecule has 1 amide bonds. The molecule has 0 aromatic carbocycles. The lowest BCUT2D eigenvalue weighted by molar-refractivity contribution is -0.923. The molecule has 3 atom stereocenters. The van der Waals surface area contributed by atoms with Crippen molar-refractivity contribution in [1.29, 1.82) is 0 Å². The van der Waals surface area contributed by atoms with E-state index in [2.05, 4.69) is 43.5 Å². The van der Waals surface area contributed by atoms with E-state index >= 15 is 0 Å². The molecule has 0 aromatic heterocycles. The first kappa shape index (κ1) is 29.7.